The van der Waals surface area contributed by atoms with E-state index in [0.29, 0.717) is 17.1 Å². The molecule has 1 unspecified atom stereocenters. The quantitative estimate of drug-likeness (QED) is 0.821. The van der Waals surface area contributed by atoms with E-state index < -0.39 is 0 Å². The number of phenolic OH excluding ortho intramolecular Hbond substituents is 1. The highest BCUT2D eigenvalue weighted by Gasteiger charge is 2.48. The Morgan fingerprint density at radius 2 is 2.17 bits per heavy atom. The van der Waals surface area contributed by atoms with Crippen molar-refractivity contribution in [2.45, 2.75) is 44.1 Å². The summed E-state index contributed by atoms with van der Waals surface area (Å²) in [6.45, 7) is 3.59. The Hall–Kier alpha value is -1.02. The fraction of sp³-hybridized carbons (Fsp3) is 0.625. The highest BCUT2D eigenvalue weighted by Crippen LogP contribution is 2.50. The molecule has 2 fully saturated rings. The van der Waals surface area contributed by atoms with Crippen LogP contribution in [0.4, 0.5) is 0 Å². The molecule has 1 N–H and O–H groups in total. The average molecular weight is 245 g/mol. The maximum absolute atomic E-state index is 9.77. The summed E-state index contributed by atoms with van der Waals surface area (Å²) < 4.78 is 0. The number of aromatic hydroxyl groups is 1. The SMILES string of the molecule is C[C@H]1C2CCC[C@]1(c1cccc(O)c1)CCN2C. The van der Waals surface area contributed by atoms with Crippen LogP contribution in [0.25, 0.3) is 0 Å². The maximum atomic E-state index is 9.77. The summed E-state index contributed by atoms with van der Waals surface area (Å²) in [4.78, 5) is 2.53. The topological polar surface area (TPSA) is 23.5 Å². The lowest BCUT2D eigenvalue weighted by molar-refractivity contribution is 0.0126. The van der Waals surface area contributed by atoms with Crippen molar-refractivity contribution in [3.8, 4) is 5.75 Å². The van der Waals surface area contributed by atoms with Crippen molar-refractivity contribution in [3.63, 3.8) is 0 Å². The molecule has 0 amide bonds. The molecule has 2 nitrogen and oxygen atoms in total. The van der Waals surface area contributed by atoms with E-state index in [0.717, 1.165) is 6.04 Å². The van der Waals surface area contributed by atoms with Gasteiger partial charge in [0.05, 0.1) is 0 Å². The minimum Gasteiger partial charge on any atom is -0.508 e. The summed E-state index contributed by atoms with van der Waals surface area (Å²) in [5.41, 5.74) is 1.65. The predicted octanol–water partition coefficient (Wildman–Crippen LogP) is 3.15. The number of hydrogen-bond donors (Lipinski definition) is 1. The molecule has 1 saturated carbocycles. The summed E-state index contributed by atoms with van der Waals surface area (Å²) in [6, 6.07) is 8.69. The van der Waals surface area contributed by atoms with E-state index in [9.17, 15) is 5.11 Å². The Bertz CT molecular complexity index is 444. The van der Waals surface area contributed by atoms with E-state index in [1.54, 1.807) is 6.07 Å². The van der Waals surface area contributed by atoms with Gasteiger partial charge in [0.15, 0.2) is 0 Å². The van der Waals surface area contributed by atoms with Gasteiger partial charge in [-0.1, -0.05) is 25.5 Å². The number of piperidine rings is 1. The van der Waals surface area contributed by atoms with Gasteiger partial charge in [0, 0.05) is 11.5 Å². The molecule has 3 rings (SSSR count). The van der Waals surface area contributed by atoms with Gasteiger partial charge >= 0.3 is 0 Å². The number of rotatable bonds is 1. The lowest BCUT2D eigenvalue weighted by Gasteiger charge is -2.55. The minimum absolute atomic E-state index is 0.300. The summed E-state index contributed by atoms with van der Waals surface area (Å²) in [5, 5.41) is 9.77. The smallest absolute Gasteiger partial charge is 0.115 e. The van der Waals surface area contributed by atoms with Crippen molar-refractivity contribution >= 4 is 0 Å². The largest absolute Gasteiger partial charge is 0.508 e. The van der Waals surface area contributed by atoms with E-state index in [4.69, 9.17) is 0 Å². The molecule has 1 heterocycles. The second-order valence-electron chi connectivity index (χ2n) is 6.19. The zero-order valence-corrected chi connectivity index (χ0v) is 11.4. The predicted molar refractivity (Wildman–Crippen MR) is 73.8 cm³/mol. The Balaban J connectivity index is 2.02. The van der Waals surface area contributed by atoms with Crippen LogP contribution in [0.2, 0.25) is 0 Å². The molecule has 0 aromatic heterocycles. The Kier molecular flexibility index (Phi) is 2.86. The Morgan fingerprint density at radius 1 is 1.33 bits per heavy atom. The molecule has 1 saturated heterocycles. The third-order valence-electron chi connectivity index (χ3n) is 5.47. The number of likely N-dealkylation sites (tertiary alicyclic amines) is 1. The number of nitrogens with zero attached hydrogens (tertiary/aromatic N) is 1. The molecule has 2 bridgehead atoms. The monoisotopic (exact) mass is 245 g/mol. The molecule has 1 aromatic carbocycles. The minimum atomic E-state index is 0.300. The van der Waals surface area contributed by atoms with Crippen molar-refractivity contribution in [3.05, 3.63) is 29.8 Å². The van der Waals surface area contributed by atoms with Gasteiger partial charge in [0.2, 0.25) is 0 Å². The van der Waals surface area contributed by atoms with Crippen LogP contribution in [0.1, 0.15) is 38.2 Å². The first kappa shape index (κ1) is 12.0. The number of benzene rings is 1. The first-order valence-corrected chi connectivity index (χ1v) is 7.13. The summed E-state index contributed by atoms with van der Waals surface area (Å²) in [5.74, 6) is 1.10. The fourth-order valence-corrected chi connectivity index (χ4v) is 4.34. The lowest BCUT2D eigenvalue weighted by atomic mass is 9.57. The third kappa shape index (κ3) is 1.66. The molecule has 0 spiro atoms. The molecule has 1 aromatic rings. The van der Waals surface area contributed by atoms with Crippen LogP contribution in [0, 0.1) is 5.92 Å². The zero-order valence-electron chi connectivity index (χ0n) is 11.4. The van der Waals surface area contributed by atoms with E-state index in [1.807, 2.05) is 12.1 Å². The van der Waals surface area contributed by atoms with E-state index in [2.05, 4.69) is 24.9 Å². The molecule has 3 atom stereocenters. The van der Waals surface area contributed by atoms with Gasteiger partial charge in [-0.05, 0) is 56.5 Å². The number of fused-ring (bicyclic) bond motifs is 2. The Morgan fingerprint density at radius 3 is 2.94 bits per heavy atom. The van der Waals surface area contributed by atoms with Crippen molar-refractivity contribution in [2.75, 3.05) is 13.6 Å². The second-order valence-corrected chi connectivity index (χ2v) is 6.19. The van der Waals surface area contributed by atoms with Crippen LogP contribution in [0.15, 0.2) is 24.3 Å². The molecule has 18 heavy (non-hydrogen) atoms. The standard InChI is InChI=1S/C16H23NO/c1-12-15-7-4-8-16(12,9-10-17(15)2)13-5-3-6-14(18)11-13/h3,5-6,11-12,15,18H,4,7-10H2,1-2H3/t12-,15?,16-/m0/s1. The van der Waals surface area contributed by atoms with Crippen LogP contribution in [-0.4, -0.2) is 29.6 Å². The van der Waals surface area contributed by atoms with Crippen LogP contribution in [0.5, 0.6) is 5.75 Å². The molecule has 1 aliphatic carbocycles. The van der Waals surface area contributed by atoms with E-state index in [-0.39, 0.29) is 0 Å². The molecule has 2 aliphatic rings. The van der Waals surface area contributed by atoms with Crippen molar-refractivity contribution in [1.29, 1.82) is 0 Å². The molecule has 98 valence electrons. The normalized spacial score (nSPS) is 36.6. The molecule has 0 radical (unpaired) electrons. The number of phenols is 1. The van der Waals surface area contributed by atoms with Crippen molar-refractivity contribution in [1.82, 2.24) is 4.90 Å². The van der Waals surface area contributed by atoms with Gasteiger partial charge in [-0.3, -0.25) is 0 Å². The van der Waals surface area contributed by atoms with Gasteiger partial charge in [-0.25, -0.2) is 0 Å². The number of hydrogen-bond acceptors (Lipinski definition) is 2. The van der Waals surface area contributed by atoms with E-state index >= 15 is 0 Å². The van der Waals surface area contributed by atoms with Crippen LogP contribution in [-0.2, 0) is 5.41 Å². The van der Waals surface area contributed by atoms with Crippen LogP contribution >= 0.6 is 0 Å². The van der Waals surface area contributed by atoms with Gasteiger partial charge in [-0.2, -0.15) is 0 Å². The highest BCUT2D eigenvalue weighted by atomic mass is 16.3. The van der Waals surface area contributed by atoms with Gasteiger partial charge in [0.25, 0.3) is 0 Å². The molecular weight excluding hydrogens is 222 g/mol. The summed E-state index contributed by atoms with van der Waals surface area (Å²) in [6.07, 6.45) is 5.15. The fourth-order valence-electron chi connectivity index (χ4n) is 4.34. The average Bonchev–Trinajstić information content (AvgIpc) is 2.35. The first-order valence-electron chi connectivity index (χ1n) is 7.13. The second kappa shape index (κ2) is 4.27. The maximum Gasteiger partial charge on any atom is 0.115 e. The zero-order chi connectivity index (χ0) is 12.8. The summed E-state index contributed by atoms with van der Waals surface area (Å²) >= 11 is 0. The third-order valence-corrected chi connectivity index (χ3v) is 5.47. The van der Waals surface area contributed by atoms with Crippen LogP contribution in [0.3, 0.4) is 0 Å². The Labute approximate surface area is 110 Å². The first-order chi connectivity index (χ1) is 8.63. The van der Waals surface area contributed by atoms with Gasteiger partial charge in [-0.15, -0.1) is 0 Å². The van der Waals surface area contributed by atoms with Crippen molar-refractivity contribution < 1.29 is 5.11 Å². The van der Waals surface area contributed by atoms with Crippen LogP contribution < -0.4 is 0 Å². The molecule has 2 heteroatoms. The van der Waals surface area contributed by atoms with Crippen molar-refractivity contribution in [2.24, 2.45) is 5.92 Å². The molecule has 1 aliphatic heterocycles. The molecular formula is C16H23NO. The highest BCUT2D eigenvalue weighted by molar-refractivity contribution is 5.35. The van der Waals surface area contributed by atoms with Gasteiger partial charge < -0.3 is 10.0 Å². The van der Waals surface area contributed by atoms with Gasteiger partial charge in [0.1, 0.15) is 5.75 Å². The van der Waals surface area contributed by atoms with E-state index in [1.165, 1.54) is 37.8 Å². The summed E-state index contributed by atoms with van der Waals surface area (Å²) in [7, 11) is 2.26. The lowest BCUT2D eigenvalue weighted by Crippen LogP contribution is -2.56.